The quantitative estimate of drug-likeness (QED) is 0.292. The number of hydrogen-bond donors (Lipinski definition) is 1. The molecule has 0 spiro atoms. The number of nitrogens with zero attached hydrogens (tertiary/aromatic N) is 1. The Hall–Kier alpha value is -4.11. The fraction of sp³-hybridized carbons (Fsp3) is 0.0909. The minimum Gasteiger partial charge on any atom is -0.493 e. The number of amides is 1. The molecule has 1 N–H and O–H groups in total. The van der Waals surface area contributed by atoms with Gasteiger partial charge in [0.05, 0.1) is 17.6 Å². The van der Waals surface area contributed by atoms with E-state index in [1.165, 1.54) is 37.4 Å². The lowest BCUT2D eigenvalue weighted by Crippen LogP contribution is -2.20. The maximum Gasteiger partial charge on any atom is 0.338 e. The molecule has 0 saturated carbocycles. The third-order valence-electron chi connectivity index (χ3n) is 4.13. The van der Waals surface area contributed by atoms with Crippen LogP contribution in [0.3, 0.4) is 0 Å². The first-order valence-electron chi connectivity index (χ1n) is 9.19. The molecule has 0 fully saturated rings. The van der Waals surface area contributed by atoms with E-state index in [0.717, 1.165) is 6.07 Å². The molecule has 0 heterocycles. The van der Waals surface area contributed by atoms with Crippen LogP contribution in [0.2, 0.25) is 5.02 Å². The van der Waals surface area contributed by atoms with Crippen molar-refractivity contribution in [2.45, 2.75) is 0 Å². The van der Waals surface area contributed by atoms with Crippen molar-refractivity contribution in [2.24, 2.45) is 0 Å². The summed E-state index contributed by atoms with van der Waals surface area (Å²) >= 11 is 5.81. The number of carbonyl (C=O) groups is 2. The molecule has 0 aromatic heterocycles. The predicted molar refractivity (Wildman–Crippen MR) is 117 cm³/mol. The molecule has 0 radical (unpaired) electrons. The minimum absolute atomic E-state index is 0.0504. The maximum atomic E-state index is 12.3. The Kier molecular flexibility index (Phi) is 7.25. The number of para-hydroxylation sites is 1. The predicted octanol–water partition coefficient (Wildman–Crippen LogP) is 4.84. The number of rotatable bonds is 8. The van der Waals surface area contributed by atoms with Gasteiger partial charge in [-0.15, -0.1) is 0 Å². The summed E-state index contributed by atoms with van der Waals surface area (Å²) < 4.78 is 15.9. The van der Waals surface area contributed by atoms with Crippen LogP contribution < -0.4 is 14.8 Å². The SMILES string of the molecule is COc1cc(C(=O)OCC(=O)Nc2ccccc2)ccc1Oc1ccc(Cl)cc1[N+](=O)[O-]. The zero-order valence-electron chi connectivity index (χ0n) is 16.7. The summed E-state index contributed by atoms with van der Waals surface area (Å²) in [4.78, 5) is 34.9. The number of nitro benzene ring substituents is 1. The highest BCUT2D eigenvalue weighted by molar-refractivity contribution is 6.30. The van der Waals surface area contributed by atoms with Gasteiger partial charge in [0.2, 0.25) is 5.75 Å². The fourth-order valence-corrected chi connectivity index (χ4v) is 2.82. The van der Waals surface area contributed by atoms with E-state index >= 15 is 0 Å². The van der Waals surface area contributed by atoms with E-state index in [1.54, 1.807) is 24.3 Å². The number of hydrogen-bond acceptors (Lipinski definition) is 7. The molecule has 3 aromatic rings. The average molecular weight is 457 g/mol. The normalized spacial score (nSPS) is 10.2. The van der Waals surface area contributed by atoms with Crippen LogP contribution in [0.15, 0.2) is 66.7 Å². The Morgan fingerprint density at radius 3 is 2.41 bits per heavy atom. The molecule has 3 aromatic carbocycles. The van der Waals surface area contributed by atoms with Crippen LogP contribution in [-0.4, -0.2) is 30.5 Å². The van der Waals surface area contributed by atoms with E-state index in [1.807, 2.05) is 6.07 Å². The Balaban J connectivity index is 1.69. The second kappa shape index (κ2) is 10.3. The second-order valence-corrected chi connectivity index (χ2v) is 6.76. The zero-order chi connectivity index (χ0) is 23.1. The summed E-state index contributed by atoms with van der Waals surface area (Å²) in [6, 6.07) is 16.8. The fourth-order valence-electron chi connectivity index (χ4n) is 2.65. The average Bonchev–Trinajstić information content (AvgIpc) is 2.79. The summed E-state index contributed by atoms with van der Waals surface area (Å²) in [5, 5.41) is 14.0. The monoisotopic (exact) mass is 456 g/mol. The first-order chi connectivity index (χ1) is 15.4. The highest BCUT2D eigenvalue weighted by Crippen LogP contribution is 2.38. The standard InChI is InChI=1S/C22H17ClN2O7/c1-30-20-11-14(22(27)31-13-21(26)24-16-5-3-2-4-6-16)7-9-19(20)32-18-10-8-15(23)12-17(18)25(28)29/h2-12H,13H2,1H3,(H,24,26). The van der Waals surface area contributed by atoms with E-state index in [9.17, 15) is 19.7 Å². The Labute approximate surface area is 187 Å². The van der Waals surface area contributed by atoms with Crippen LogP contribution in [0.1, 0.15) is 10.4 Å². The first kappa shape index (κ1) is 22.6. The molecular formula is C22H17ClN2O7. The number of benzene rings is 3. The van der Waals surface area contributed by atoms with Gasteiger partial charge in [-0.2, -0.15) is 0 Å². The molecule has 9 nitrogen and oxygen atoms in total. The second-order valence-electron chi connectivity index (χ2n) is 6.33. The zero-order valence-corrected chi connectivity index (χ0v) is 17.5. The van der Waals surface area contributed by atoms with Gasteiger partial charge in [0.1, 0.15) is 0 Å². The summed E-state index contributed by atoms with van der Waals surface area (Å²) in [6.45, 7) is -0.481. The van der Waals surface area contributed by atoms with E-state index < -0.39 is 23.4 Å². The number of ether oxygens (including phenoxy) is 3. The van der Waals surface area contributed by atoms with Crippen LogP contribution in [0.5, 0.6) is 17.2 Å². The van der Waals surface area contributed by atoms with E-state index in [0.29, 0.717) is 5.69 Å². The van der Waals surface area contributed by atoms with Gasteiger partial charge in [-0.05, 0) is 42.5 Å². The molecule has 0 aliphatic rings. The van der Waals surface area contributed by atoms with Gasteiger partial charge in [0.25, 0.3) is 5.91 Å². The molecular weight excluding hydrogens is 440 g/mol. The molecule has 0 aliphatic heterocycles. The van der Waals surface area contributed by atoms with Crippen LogP contribution in [0.25, 0.3) is 0 Å². The van der Waals surface area contributed by atoms with Crippen molar-refractivity contribution in [3.8, 4) is 17.2 Å². The van der Waals surface area contributed by atoms with Crippen molar-refractivity contribution in [1.82, 2.24) is 0 Å². The largest absolute Gasteiger partial charge is 0.493 e. The molecule has 0 unspecified atom stereocenters. The van der Waals surface area contributed by atoms with Crippen LogP contribution in [0, 0.1) is 10.1 Å². The van der Waals surface area contributed by atoms with E-state index in [4.69, 9.17) is 25.8 Å². The van der Waals surface area contributed by atoms with Crippen molar-refractivity contribution < 1.29 is 28.7 Å². The number of anilines is 1. The summed E-state index contributed by atoms with van der Waals surface area (Å²) in [5.41, 5.74) is 0.354. The number of nitrogens with one attached hydrogen (secondary N) is 1. The summed E-state index contributed by atoms with van der Waals surface area (Å²) in [6.07, 6.45) is 0. The number of carbonyl (C=O) groups excluding carboxylic acids is 2. The van der Waals surface area contributed by atoms with Crippen LogP contribution >= 0.6 is 11.6 Å². The molecule has 3 rings (SSSR count). The Morgan fingerprint density at radius 2 is 1.72 bits per heavy atom. The molecule has 0 saturated heterocycles. The van der Waals surface area contributed by atoms with Gasteiger partial charge in [0.15, 0.2) is 18.1 Å². The molecule has 0 aliphatic carbocycles. The van der Waals surface area contributed by atoms with Gasteiger partial charge in [-0.3, -0.25) is 14.9 Å². The van der Waals surface area contributed by atoms with Crippen molar-refractivity contribution in [3.63, 3.8) is 0 Å². The lowest BCUT2D eigenvalue weighted by molar-refractivity contribution is -0.385. The van der Waals surface area contributed by atoms with Gasteiger partial charge in [-0.25, -0.2) is 4.79 Å². The maximum absolute atomic E-state index is 12.3. The number of methoxy groups -OCH3 is 1. The van der Waals surface area contributed by atoms with Crippen molar-refractivity contribution in [1.29, 1.82) is 0 Å². The summed E-state index contributed by atoms with van der Waals surface area (Å²) in [7, 11) is 1.35. The van der Waals surface area contributed by atoms with Crippen molar-refractivity contribution in [3.05, 3.63) is 87.4 Å². The van der Waals surface area contributed by atoms with Gasteiger partial charge >= 0.3 is 11.7 Å². The van der Waals surface area contributed by atoms with E-state index in [-0.39, 0.29) is 33.5 Å². The lowest BCUT2D eigenvalue weighted by atomic mass is 10.2. The third-order valence-corrected chi connectivity index (χ3v) is 4.36. The highest BCUT2D eigenvalue weighted by Gasteiger charge is 2.19. The highest BCUT2D eigenvalue weighted by atomic mass is 35.5. The van der Waals surface area contributed by atoms with Crippen LogP contribution in [-0.2, 0) is 9.53 Å². The van der Waals surface area contributed by atoms with Crippen molar-refractivity contribution >= 4 is 34.9 Å². The number of esters is 1. The van der Waals surface area contributed by atoms with Gasteiger partial charge in [-0.1, -0.05) is 29.8 Å². The minimum atomic E-state index is -0.754. The molecule has 1 amide bonds. The number of nitro groups is 1. The van der Waals surface area contributed by atoms with E-state index in [2.05, 4.69) is 5.32 Å². The first-order valence-corrected chi connectivity index (χ1v) is 9.57. The van der Waals surface area contributed by atoms with Gasteiger partial charge < -0.3 is 19.5 Å². The van der Waals surface area contributed by atoms with Gasteiger partial charge in [0, 0.05) is 16.8 Å². The Morgan fingerprint density at radius 1 is 1.00 bits per heavy atom. The Bertz CT molecular complexity index is 1150. The number of halogens is 1. The molecule has 0 bridgehead atoms. The smallest absolute Gasteiger partial charge is 0.338 e. The molecule has 0 atom stereocenters. The molecule has 10 heteroatoms. The third kappa shape index (κ3) is 5.73. The molecule has 164 valence electrons. The lowest BCUT2D eigenvalue weighted by Gasteiger charge is -2.12. The molecule has 32 heavy (non-hydrogen) atoms. The van der Waals surface area contributed by atoms with Crippen molar-refractivity contribution in [2.75, 3.05) is 19.0 Å². The topological polar surface area (TPSA) is 117 Å². The van der Waals surface area contributed by atoms with Crippen LogP contribution in [0.4, 0.5) is 11.4 Å². The summed E-state index contributed by atoms with van der Waals surface area (Å²) in [5.74, 6) is -1.03.